The minimum Gasteiger partial charge on any atom is -0.455 e. The number of ether oxygens (including phenoxy) is 2. The van der Waals surface area contributed by atoms with Crippen LogP contribution in [0.5, 0.6) is 0 Å². The number of rotatable bonds is 3. The number of carbonyl (C=O) groups excluding carboxylic acids is 4. The maximum atomic E-state index is 14.4. The molecule has 0 bridgehead atoms. The van der Waals surface area contributed by atoms with Crippen LogP contribution in [-0.2, 0) is 28.7 Å². The van der Waals surface area contributed by atoms with Crippen molar-refractivity contribution in [3.05, 3.63) is 60.2 Å². The van der Waals surface area contributed by atoms with Gasteiger partial charge in [-0.1, -0.05) is 54.6 Å². The number of carbonyl (C=O) groups is 4. The third kappa shape index (κ3) is 5.18. The van der Waals surface area contributed by atoms with Gasteiger partial charge in [-0.3, -0.25) is 19.2 Å². The van der Waals surface area contributed by atoms with Crippen molar-refractivity contribution in [1.82, 2.24) is 14.7 Å². The highest BCUT2D eigenvalue weighted by atomic mass is 16.6. The Hall–Kier alpha value is -3.50. The first kappa shape index (κ1) is 30.9. The lowest BCUT2D eigenvalue weighted by Gasteiger charge is -2.41. The van der Waals surface area contributed by atoms with Gasteiger partial charge in [-0.25, -0.2) is 0 Å². The number of nitrogens with zero attached hydrogens (tertiary/aromatic N) is 3. The predicted molar refractivity (Wildman–Crippen MR) is 158 cm³/mol. The van der Waals surface area contributed by atoms with E-state index in [-0.39, 0.29) is 24.8 Å². The summed E-state index contributed by atoms with van der Waals surface area (Å²) in [4.78, 5) is 60.8. The zero-order chi connectivity index (χ0) is 31.3. The lowest BCUT2D eigenvalue weighted by atomic mass is 9.77. The number of amides is 3. The summed E-state index contributed by atoms with van der Waals surface area (Å²) < 4.78 is 13.0. The standard InChI is InChI=1S/C33H43N3O7/c1-20(19-37)36-28-30(40)35(32(3,4)5)18-12-17-33(28)26(29(36)39)25-23(43-33)15-10-11-16-24(38)34(6)21(2)27(42-31(25)41)22-13-8-7-9-14-22/h7-10,12-15,17,20-21,23,25-28,37H,11,16,18-19H2,1-6H3/b15-10-/t20-,21-,23-,25+,26+,27+,28-,33+/m1/s1. The maximum absolute atomic E-state index is 14.4. The lowest BCUT2D eigenvalue weighted by Crippen LogP contribution is -2.60. The summed E-state index contributed by atoms with van der Waals surface area (Å²) in [6, 6.07) is 6.98. The quantitative estimate of drug-likeness (QED) is 0.423. The van der Waals surface area contributed by atoms with Crippen LogP contribution in [0.4, 0.5) is 0 Å². The fourth-order valence-corrected chi connectivity index (χ4v) is 6.99. The number of esters is 1. The fraction of sp³-hybridized carbons (Fsp3) is 0.576. The Balaban J connectivity index is 1.64. The normalized spacial score (nSPS) is 34.9. The Kier molecular flexibility index (Phi) is 8.30. The van der Waals surface area contributed by atoms with E-state index in [0.29, 0.717) is 13.0 Å². The lowest BCUT2D eigenvalue weighted by molar-refractivity contribution is -0.164. The van der Waals surface area contributed by atoms with Gasteiger partial charge in [0.25, 0.3) is 0 Å². The highest BCUT2D eigenvalue weighted by Crippen LogP contribution is 2.54. The number of likely N-dealkylation sites (N-methyl/N-ethyl adjacent to an activating group) is 1. The molecule has 10 nitrogen and oxygen atoms in total. The molecule has 10 heteroatoms. The maximum Gasteiger partial charge on any atom is 0.313 e. The molecule has 1 spiro atoms. The largest absolute Gasteiger partial charge is 0.455 e. The summed E-state index contributed by atoms with van der Waals surface area (Å²) >= 11 is 0. The van der Waals surface area contributed by atoms with Crippen LogP contribution in [0.3, 0.4) is 0 Å². The monoisotopic (exact) mass is 593 g/mol. The molecule has 0 aromatic heterocycles. The second-order valence-corrected chi connectivity index (χ2v) is 13.1. The number of aliphatic hydroxyl groups is 1. The molecule has 2 fully saturated rings. The first-order chi connectivity index (χ1) is 20.3. The molecule has 43 heavy (non-hydrogen) atoms. The van der Waals surface area contributed by atoms with Gasteiger partial charge >= 0.3 is 5.97 Å². The third-order valence-corrected chi connectivity index (χ3v) is 9.42. The van der Waals surface area contributed by atoms with Crippen molar-refractivity contribution in [2.75, 3.05) is 20.2 Å². The topological polar surface area (TPSA) is 117 Å². The second kappa shape index (κ2) is 11.5. The molecule has 0 aliphatic carbocycles. The van der Waals surface area contributed by atoms with Crippen molar-refractivity contribution in [2.24, 2.45) is 11.8 Å². The van der Waals surface area contributed by atoms with Crippen LogP contribution in [0.25, 0.3) is 0 Å². The Morgan fingerprint density at radius 3 is 2.42 bits per heavy atom. The van der Waals surface area contributed by atoms with E-state index in [1.54, 1.807) is 42.0 Å². The number of hydrogen-bond acceptors (Lipinski definition) is 7. The average molecular weight is 594 g/mol. The number of allylic oxidation sites excluding steroid dienone is 1. The van der Waals surface area contributed by atoms with Crippen LogP contribution < -0.4 is 0 Å². The summed E-state index contributed by atoms with van der Waals surface area (Å²) in [6.07, 6.45) is 6.13. The molecule has 0 radical (unpaired) electrons. The van der Waals surface area contributed by atoms with Crippen molar-refractivity contribution in [1.29, 1.82) is 0 Å². The molecule has 0 saturated carbocycles. The number of hydrogen-bond donors (Lipinski definition) is 1. The van der Waals surface area contributed by atoms with Crippen molar-refractivity contribution in [3.8, 4) is 0 Å². The molecule has 3 amide bonds. The van der Waals surface area contributed by atoms with Crippen LogP contribution in [-0.4, -0.2) is 99.1 Å². The van der Waals surface area contributed by atoms with E-state index < -0.39 is 65.2 Å². The number of benzene rings is 1. The van der Waals surface area contributed by atoms with E-state index >= 15 is 0 Å². The molecule has 8 atom stereocenters. The molecule has 2 saturated heterocycles. The van der Waals surface area contributed by atoms with E-state index in [9.17, 15) is 24.3 Å². The Bertz CT molecular complexity index is 1320. The average Bonchev–Trinajstić information content (AvgIpc) is 3.36. The van der Waals surface area contributed by atoms with E-state index in [1.165, 1.54) is 4.90 Å². The molecule has 1 aromatic rings. The van der Waals surface area contributed by atoms with Gasteiger partial charge in [0.1, 0.15) is 23.7 Å². The van der Waals surface area contributed by atoms with Gasteiger partial charge in [-0.05, 0) is 46.6 Å². The second-order valence-electron chi connectivity index (χ2n) is 13.1. The van der Waals surface area contributed by atoms with Crippen LogP contribution in [0.2, 0.25) is 0 Å². The summed E-state index contributed by atoms with van der Waals surface area (Å²) in [7, 11) is 1.70. The Labute approximate surface area is 253 Å². The summed E-state index contributed by atoms with van der Waals surface area (Å²) in [5.41, 5.74) is -1.28. The summed E-state index contributed by atoms with van der Waals surface area (Å²) in [5, 5.41) is 10.2. The van der Waals surface area contributed by atoms with Crippen molar-refractivity contribution in [3.63, 3.8) is 0 Å². The third-order valence-electron chi connectivity index (χ3n) is 9.42. The fourth-order valence-electron chi connectivity index (χ4n) is 6.99. The zero-order valence-corrected chi connectivity index (χ0v) is 25.8. The minimum absolute atomic E-state index is 0.0856. The molecule has 1 aromatic carbocycles. The highest BCUT2D eigenvalue weighted by molar-refractivity contribution is 5.99. The summed E-state index contributed by atoms with van der Waals surface area (Å²) in [6.45, 7) is 9.26. The van der Waals surface area contributed by atoms with Gasteiger partial charge in [0.05, 0.1) is 30.7 Å². The molecule has 1 N–H and O–H groups in total. The smallest absolute Gasteiger partial charge is 0.313 e. The van der Waals surface area contributed by atoms with Crippen molar-refractivity contribution in [2.45, 2.75) is 88.9 Å². The SMILES string of the molecule is C[C@@H]1[C@@H](c2ccccc2)OC(=O)[C@@H]2[C@H]3C(=O)N([C@H](C)CO)[C@@H]4C(=O)N(C(C)(C)C)CC=C[C@]34O[C@@H]2/C=C\CCC(=O)N1C. The summed E-state index contributed by atoms with van der Waals surface area (Å²) in [5.74, 6) is -3.56. The molecule has 4 aliphatic rings. The van der Waals surface area contributed by atoms with Gasteiger partial charge in [0.15, 0.2) is 0 Å². The molecular formula is C33H43N3O7. The van der Waals surface area contributed by atoms with E-state index in [1.807, 2.05) is 64.1 Å². The predicted octanol–water partition coefficient (Wildman–Crippen LogP) is 2.63. The molecular weight excluding hydrogens is 550 g/mol. The number of fused-ring (bicyclic) bond motifs is 2. The van der Waals surface area contributed by atoms with Gasteiger partial charge in [0.2, 0.25) is 17.7 Å². The molecule has 4 aliphatic heterocycles. The van der Waals surface area contributed by atoms with Gasteiger partial charge < -0.3 is 29.3 Å². The van der Waals surface area contributed by atoms with Crippen LogP contribution in [0.15, 0.2) is 54.6 Å². The van der Waals surface area contributed by atoms with Crippen molar-refractivity contribution < 1.29 is 33.8 Å². The number of aliphatic hydroxyl groups excluding tert-OH is 1. The molecule has 0 unspecified atom stereocenters. The Morgan fingerprint density at radius 1 is 1.07 bits per heavy atom. The highest BCUT2D eigenvalue weighted by Gasteiger charge is 2.72. The first-order valence-corrected chi connectivity index (χ1v) is 15.1. The molecule has 4 heterocycles. The van der Waals surface area contributed by atoms with Gasteiger partial charge in [0, 0.05) is 25.6 Å². The van der Waals surface area contributed by atoms with Crippen LogP contribution in [0.1, 0.15) is 59.1 Å². The number of likely N-dealkylation sites (tertiary alicyclic amines) is 1. The molecule has 5 rings (SSSR count). The van der Waals surface area contributed by atoms with Gasteiger partial charge in [-0.15, -0.1) is 0 Å². The van der Waals surface area contributed by atoms with Crippen molar-refractivity contribution >= 4 is 23.7 Å². The number of cyclic esters (lactones) is 1. The van der Waals surface area contributed by atoms with E-state index in [2.05, 4.69) is 0 Å². The van der Waals surface area contributed by atoms with Crippen LogP contribution >= 0.6 is 0 Å². The first-order valence-electron chi connectivity index (χ1n) is 15.1. The van der Waals surface area contributed by atoms with Gasteiger partial charge in [-0.2, -0.15) is 0 Å². The van der Waals surface area contributed by atoms with Crippen LogP contribution in [0, 0.1) is 11.8 Å². The zero-order valence-electron chi connectivity index (χ0n) is 25.8. The Morgan fingerprint density at radius 2 is 1.77 bits per heavy atom. The van der Waals surface area contributed by atoms with E-state index in [0.717, 1.165) is 5.56 Å². The van der Waals surface area contributed by atoms with E-state index in [4.69, 9.17) is 9.47 Å². The molecule has 232 valence electrons. The minimum atomic E-state index is -1.45.